The molecule has 4 heteroatoms. The third-order valence-corrected chi connectivity index (χ3v) is 4.78. The molecular formula is C20H24NO3+. The average Bonchev–Trinajstić information content (AvgIpc) is 2.93. The van der Waals surface area contributed by atoms with Crippen LogP contribution < -0.4 is 0 Å². The van der Waals surface area contributed by atoms with Gasteiger partial charge in [0, 0.05) is 12.8 Å². The van der Waals surface area contributed by atoms with Crippen LogP contribution in [0, 0.1) is 0 Å². The van der Waals surface area contributed by atoms with Gasteiger partial charge in [-0.1, -0.05) is 54.6 Å². The third-order valence-electron chi connectivity index (χ3n) is 4.78. The first kappa shape index (κ1) is 16.7. The largest absolute Gasteiger partial charge is 0.410 e. The lowest BCUT2D eigenvalue weighted by Crippen LogP contribution is -2.46. The molecule has 2 aromatic rings. The first-order valence-corrected chi connectivity index (χ1v) is 8.34. The van der Waals surface area contributed by atoms with E-state index in [1.54, 1.807) is 6.07 Å². The van der Waals surface area contributed by atoms with Crippen molar-refractivity contribution in [3.63, 3.8) is 0 Å². The Morgan fingerprint density at radius 2 is 1.79 bits per heavy atom. The van der Waals surface area contributed by atoms with Crippen LogP contribution in [0.1, 0.15) is 24.5 Å². The van der Waals surface area contributed by atoms with Crippen LogP contribution in [-0.2, 0) is 9.53 Å². The molecule has 1 fully saturated rings. The second kappa shape index (κ2) is 6.75. The first-order chi connectivity index (χ1) is 11.5. The van der Waals surface area contributed by atoms with Gasteiger partial charge in [0.1, 0.15) is 0 Å². The molecule has 0 amide bonds. The van der Waals surface area contributed by atoms with E-state index in [4.69, 9.17) is 4.74 Å². The minimum atomic E-state index is -1.28. The molecule has 0 aliphatic carbocycles. The molecule has 0 aromatic heterocycles. The van der Waals surface area contributed by atoms with E-state index < -0.39 is 12.1 Å². The van der Waals surface area contributed by atoms with Crippen molar-refractivity contribution in [1.82, 2.24) is 0 Å². The zero-order valence-electron chi connectivity index (χ0n) is 14.2. The highest BCUT2D eigenvalue weighted by Gasteiger charge is 2.38. The quantitative estimate of drug-likeness (QED) is 0.693. The van der Waals surface area contributed by atoms with Crippen molar-refractivity contribution < 1.29 is 19.1 Å². The number of quaternary nitrogens is 1. The molecular weight excluding hydrogens is 302 g/mol. The zero-order valence-corrected chi connectivity index (χ0v) is 14.2. The molecule has 4 nitrogen and oxygen atoms in total. The zero-order chi connectivity index (χ0) is 17.2. The summed E-state index contributed by atoms with van der Waals surface area (Å²) in [5.74, 6) is -0.573. The predicted octanol–water partition coefficient (Wildman–Crippen LogP) is 3.13. The van der Waals surface area contributed by atoms with Crippen LogP contribution in [0.4, 0.5) is 0 Å². The number of esters is 1. The molecule has 0 saturated carbocycles. The Morgan fingerprint density at radius 1 is 1.12 bits per heavy atom. The molecule has 1 aliphatic rings. The van der Waals surface area contributed by atoms with Crippen LogP contribution >= 0.6 is 0 Å². The lowest BCUT2D eigenvalue weighted by atomic mass is 9.96. The Hall–Kier alpha value is -2.17. The van der Waals surface area contributed by atoms with E-state index in [0.717, 1.165) is 30.5 Å². The number of nitrogens with zero attached hydrogens (tertiary/aromatic N) is 1. The van der Waals surface area contributed by atoms with Crippen LogP contribution in [0.5, 0.6) is 0 Å². The molecule has 1 heterocycles. The van der Waals surface area contributed by atoms with Crippen LogP contribution in [0.3, 0.4) is 0 Å². The van der Waals surface area contributed by atoms with E-state index in [0.29, 0.717) is 10.0 Å². The molecule has 2 unspecified atom stereocenters. The number of ether oxygens (including phenoxy) is 1. The van der Waals surface area contributed by atoms with Crippen LogP contribution in [-0.4, -0.2) is 42.4 Å². The molecule has 126 valence electrons. The summed E-state index contributed by atoms with van der Waals surface area (Å²) in [5.41, 5.74) is 2.40. The minimum absolute atomic E-state index is 0.184. The van der Waals surface area contributed by atoms with Gasteiger partial charge in [-0.3, -0.25) is 4.48 Å². The second-order valence-corrected chi connectivity index (χ2v) is 6.89. The SMILES string of the molecule is C[N+]1(C)CCCC1OC(=O)C(O)c1ccccc1-c1ccccc1. The van der Waals surface area contributed by atoms with E-state index in [1.807, 2.05) is 48.5 Å². The van der Waals surface area contributed by atoms with E-state index >= 15 is 0 Å². The first-order valence-electron chi connectivity index (χ1n) is 8.34. The Kier molecular flexibility index (Phi) is 4.69. The number of rotatable bonds is 4. The third kappa shape index (κ3) is 3.35. The number of aliphatic hydroxyl groups is 1. The molecule has 1 saturated heterocycles. The van der Waals surface area contributed by atoms with E-state index in [1.165, 1.54) is 0 Å². The van der Waals surface area contributed by atoms with Crippen molar-refractivity contribution in [3.05, 3.63) is 60.2 Å². The summed E-state index contributed by atoms with van der Waals surface area (Å²) in [6.45, 7) is 0.981. The van der Waals surface area contributed by atoms with Crippen molar-refractivity contribution in [1.29, 1.82) is 0 Å². The highest BCUT2D eigenvalue weighted by Crippen LogP contribution is 2.30. The fourth-order valence-corrected chi connectivity index (χ4v) is 3.31. The van der Waals surface area contributed by atoms with Gasteiger partial charge in [-0.25, -0.2) is 4.79 Å². The fraction of sp³-hybridized carbons (Fsp3) is 0.350. The highest BCUT2D eigenvalue weighted by atomic mass is 16.6. The number of carbonyl (C=O) groups excluding carboxylic acids is 1. The summed E-state index contributed by atoms with van der Waals surface area (Å²) in [4.78, 5) is 12.5. The number of likely N-dealkylation sites (tertiary alicyclic amines) is 1. The maximum Gasteiger partial charge on any atom is 0.344 e. The summed E-state index contributed by atoms with van der Waals surface area (Å²) in [7, 11) is 4.10. The van der Waals surface area contributed by atoms with Crippen molar-refractivity contribution in [3.8, 4) is 11.1 Å². The summed E-state index contributed by atoms with van der Waals surface area (Å²) < 4.78 is 6.27. The molecule has 2 aromatic carbocycles. The summed E-state index contributed by atoms with van der Waals surface area (Å²) in [5, 5.41) is 10.6. The number of hydrogen-bond acceptors (Lipinski definition) is 3. The van der Waals surface area contributed by atoms with Gasteiger partial charge in [0.05, 0.1) is 20.6 Å². The summed E-state index contributed by atoms with van der Waals surface area (Å²) >= 11 is 0. The Balaban J connectivity index is 1.83. The van der Waals surface area contributed by atoms with Gasteiger partial charge < -0.3 is 9.84 Å². The minimum Gasteiger partial charge on any atom is -0.410 e. The molecule has 0 spiro atoms. The number of hydrogen-bond donors (Lipinski definition) is 1. The van der Waals surface area contributed by atoms with Gasteiger partial charge in [0.25, 0.3) is 0 Å². The average molecular weight is 326 g/mol. The maximum absolute atomic E-state index is 12.5. The summed E-state index contributed by atoms with van der Waals surface area (Å²) in [6.07, 6.45) is 0.408. The monoisotopic (exact) mass is 326 g/mol. The van der Waals surface area contributed by atoms with Gasteiger partial charge in [0.15, 0.2) is 6.10 Å². The van der Waals surface area contributed by atoms with E-state index in [2.05, 4.69) is 14.1 Å². The second-order valence-electron chi connectivity index (χ2n) is 6.89. The molecule has 1 aliphatic heterocycles. The number of carbonyl (C=O) groups is 1. The maximum atomic E-state index is 12.5. The van der Waals surface area contributed by atoms with E-state index in [-0.39, 0.29) is 6.23 Å². The number of benzene rings is 2. The van der Waals surface area contributed by atoms with Crippen molar-refractivity contribution in [2.45, 2.75) is 25.2 Å². The van der Waals surface area contributed by atoms with Crippen molar-refractivity contribution in [2.75, 3.05) is 20.6 Å². The van der Waals surface area contributed by atoms with Gasteiger partial charge in [-0.2, -0.15) is 0 Å². The van der Waals surface area contributed by atoms with Gasteiger partial charge in [-0.15, -0.1) is 0 Å². The Bertz CT molecular complexity index is 712. The van der Waals surface area contributed by atoms with E-state index in [9.17, 15) is 9.90 Å². The lowest BCUT2D eigenvalue weighted by molar-refractivity contribution is -0.921. The lowest BCUT2D eigenvalue weighted by Gasteiger charge is -2.31. The van der Waals surface area contributed by atoms with Crippen molar-refractivity contribution >= 4 is 5.97 Å². The standard InChI is InChI=1S/C20H24NO3/c1-21(2)14-8-13-18(21)24-20(23)19(22)17-12-7-6-11-16(17)15-9-4-3-5-10-15/h3-7,9-12,18-19,22H,8,13-14H2,1-2H3/q+1. The molecule has 24 heavy (non-hydrogen) atoms. The van der Waals surface area contributed by atoms with Gasteiger partial charge in [0.2, 0.25) is 6.23 Å². The van der Waals surface area contributed by atoms with Gasteiger partial charge in [-0.05, 0) is 16.7 Å². The predicted molar refractivity (Wildman–Crippen MR) is 92.9 cm³/mol. The molecule has 2 atom stereocenters. The smallest absolute Gasteiger partial charge is 0.344 e. The van der Waals surface area contributed by atoms with Crippen LogP contribution in [0.2, 0.25) is 0 Å². The number of aliphatic hydroxyl groups excluding tert-OH is 1. The Labute approximate surface area is 142 Å². The highest BCUT2D eigenvalue weighted by molar-refractivity contribution is 5.81. The molecule has 0 bridgehead atoms. The summed E-state index contributed by atoms with van der Waals surface area (Å²) in [6, 6.07) is 17.2. The van der Waals surface area contributed by atoms with Crippen LogP contribution in [0.15, 0.2) is 54.6 Å². The molecule has 0 radical (unpaired) electrons. The van der Waals surface area contributed by atoms with Crippen LogP contribution in [0.25, 0.3) is 11.1 Å². The topological polar surface area (TPSA) is 46.5 Å². The van der Waals surface area contributed by atoms with Gasteiger partial charge >= 0.3 is 5.97 Å². The normalized spacial score (nSPS) is 20.5. The Morgan fingerprint density at radius 3 is 2.46 bits per heavy atom. The fourth-order valence-electron chi connectivity index (χ4n) is 3.31. The molecule has 3 rings (SSSR count). The van der Waals surface area contributed by atoms with Crippen molar-refractivity contribution in [2.24, 2.45) is 0 Å². The molecule has 1 N–H and O–H groups in total.